The molecule has 1 N–H and O–H groups in total. The van der Waals surface area contributed by atoms with Crippen molar-refractivity contribution >= 4 is 0 Å². The van der Waals surface area contributed by atoms with Gasteiger partial charge in [0.25, 0.3) is 0 Å². The molecular formula is C18H28N2O2. The van der Waals surface area contributed by atoms with Gasteiger partial charge in [-0.1, -0.05) is 24.3 Å². The van der Waals surface area contributed by atoms with E-state index in [1.54, 1.807) is 0 Å². The van der Waals surface area contributed by atoms with Gasteiger partial charge in [-0.15, -0.1) is 0 Å². The minimum Gasteiger partial charge on any atom is -0.390 e. The van der Waals surface area contributed by atoms with Gasteiger partial charge in [-0.05, 0) is 31.4 Å². The van der Waals surface area contributed by atoms with Gasteiger partial charge in [-0.25, -0.2) is 0 Å². The Hall–Kier alpha value is -0.940. The van der Waals surface area contributed by atoms with Gasteiger partial charge in [0.1, 0.15) is 0 Å². The van der Waals surface area contributed by atoms with Crippen molar-refractivity contribution in [2.24, 2.45) is 0 Å². The molecule has 2 aliphatic heterocycles. The third-order valence-electron chi connectivity index (χ3n) is 4.64. The fourth-order valence-corrected chi connectivity index (χ4v) is 3.80. The van der Waals surface area contributed by atoms with Crippen LogP contribution in [0.2, 0.25) is 0 Å². The number of morpholine rings is 1. The summed E-state index contributed by atoms with van der Waals surface area (Å²) in [6.45, 7) is 9.57. The second-order valence-corrected chi connectivity index (χ2v) is 6.88. The first-order chi connectivity index (χ1) is 10.6. The van der Waals surface area contributed by atoms with Crippen molar-refractivity contribution < 1.29 is 9.84 Å². The van der Waals surface area contributed by atoms with E-state index in [0.717, 1.165) is 45.7 Å². The number of benzene rings is 1. The van der Waals surface area contributed by atoms with Crippen LogP contribution < -0.4 is 0 Å². The van der Waals surface area contributed by atoms with Gasteiger partial charge in [0, 0.05) is 39.3 Å². The molecule has 0 bridgehead atoms. The first kappa shape index (κ1) is 15.9. The van der Waals surface area contributed by atoms with Crippen LogP contribution in [0.4, 0.5) is 0 Å². The normalized spacial score (nSPS) is 28.3. The molecule has 3 rings (SSSR count). The molecule has 1 aromatic rings. The predicted molar refractivity (Wildman–Crippen MR) is 87.9 cm³/mol. The summed E-state index contributed by atoms with van der Waals surface area (Å²) >= 11 is 0. The minimum absolute atomic E-state index is 0.262. The quantitative estimate of drug-likeness (QED) is 0.915. The summed E-state index contributed by atoms with van der Waals surface area (Å²) in [4.78, 5) is 4.71. The lowest BCUT2D eigenvalue weighted by molar-refractivity contribution is -0.0781. The molecule has 2 aliphatic rings. The summed E-state index contributed by atoms with van der Waals surface area (Å²) in [5, 5.41) is 10.5. The van der Waals surface area contributed by atoms with Crippen LogP contribution in [0, 0.1) is 0 Å². The molecule has 0 radical (unpaired) electrons. The molecule has 1 aromatic carbocycles. The van der Waals surface area contributed by atoms with Crippen LogP contribution in [0.25, 0.3) is 0 Å². The molecule has 0 saturated carbocycles. The number of aliphatic hydroxyl groups excluding tert-OH is 1. The molecule has 3 unspecified atom stereocenters. The third kappa shape index (κ3) is 4.07. The van der Waals surface area contributed by atoms with Gasteiger partial charge in [-0.2, -0.15) is 0 Å². The van der Waals surface area contributed by atoms with Gasteiger partial charge in [0.05, 0.1) is 18.3 Å². The molecule has 0 aromatic heterocycles. The van der Waals surface area contributed by atoms with Crippen LogP contribution in [0.15, 0.2) is 24.3 Å². The Morgan fingerprint density at radius 2 is 1.73 bits per heavy atom. The summed E-state index contributed by atoms with van der Waals surface area (Å²) in [5.74, 6) is 0. The second-order valence-electron chi connectivity index (χ2n) is 6.88. The fourth-order valence-electron chi connectivity index (χ4n) is 3.80. The van der Waals surface area contributed by atoms with E-state index in [0.29, 0.717) is 0 Å². The average Bonchev–Trinajstić information content (AvgIpc) is 2.45. The number of fused-ring (bicyclic) bond motifs is 1. The summed E-state index contributed by atoms with van der Waals surface area (Å²) in [6, 6.07) is 8.65. The van der Waals surface area contributed by atoms with Crippen LogP contribution in [-0.2, 0) is 17.7 Å². The molecule has 1 saturated heterocycles. The van der Waals surface area contributed by atoms with E-state index in [1.807, 2.05) is 0 Å². The zero-order valence-electron chi connectivity index (χ0n) is 13.7. The molecule has 0 amide bonds. The number of β-amino-alcohol motifs (C(OH)–C–C–N with tert-alkyl or cyclic N) is 1. The van der Waals surface area contributed by atoms with Gasteiger partial charge < -0.3 is 9.84 Å². The van der Waals surface area contributed by atoms with Crippen molar-refractivity contribution in [1.82, 2.24) is 9.80 Å². The van der Waals surface area contributed by atoms with Crippen molar-refractivity contribution in [3.8, 4) is 0 Å². The second kappa shape index (κ2) is 7.09. The molecule has 22 heavy (non-hydrogen) atoms. The number of rotatable bonds is 4. The van der Waals surface area contributed by atoms with E-state index >= 15 is 0 Å². The van der Waals surface area contributed by atoms with Crippen molar-refractivity contribution in [3.05, 3.63) is 35.4 Å². The number of ether oxygens (including phenoxy) is 1. The van der Waals surface area contributed by atoms with E-state index in [4.69, 9.17) is 4.74 Å². The molecule has 0 aliphatic carbocycles. The van der Waals surface area contributed by atoms with E-state index in [9.17, 15) is 5.11 Å². The Labute approximate surface area is 133 Å². The van der Waals surface area contributed by atoms with Gasteiger partial charge in [-0.3, -0.25) is 9.80 Å². The average molecular weight is 304 g/mol. The molecule has 1 fully saturated rings. The van der Waals surface area contributed by atoms with E-state index < -0.39 is 0 Å². The van der Waals surface area contributed by atoms with Crippen molar-refractivity contribution in [2.75, 3.05) is 32.7 Å². The number of hydrogen-bond acceptors (Lipinski definition) is 4. The third-order valence-corrected chi connectivity index (χ3v) is 4.64. The van der Waals surface area contributed by atoms with Crippen molar-refractivity contribution in [2.45, 2.75) is 45.1 Å². The smallest absolute Gasteiger partial charge is 0.0793 e. The number of aliphatic hydroxyl groups is 1. The highest BCUT2D eigenvalue weighted by Crippen LogP contribution is 2.19. The molecular weight excluding hydrogens is 276 g/mol. The zero-order valence-corrected chi connectivity index (χ0v) is 13.7. The van der Waals surface area contributed by atoms with Crippen LogP contribution in [0.3, 0.4) is 0 Å². The predicted octanol–water partition coefficient (Wildman–Crippen LogP) is 1.51. The van der Waals surface area contributed by atoms with E-state index in [1.165, 1.54) is 11.1 Å². The van der Waals surface area contributed by atoms with E-state index in [2.05, 4.69) is 47.9 Å². The Bertz CT molecular complexity index is 484. The first-order valence-corrected chi connectivity index (χ1v) is 8.45. The Morgan fingerprint density at radius 3 is 2.45 bits per heavy atom. The SMILES string of the molecule is CC1CN(CC(O)CN2CCc3ccccc3C2)CC(C)O1. The van der Waals surface area contributed by atoms with Crippen molar-refractivity contribution in [3.63, 3.8) is 0 Å². The molecule has 2 heterocycles. The lowest BCUT2D eigenvalue weighted by Gasteiger charge is -2.37. The molecule has 3 atom stereocenters. The van der Waals surface area contributed by atoms with Crippen LogP contribution in [0.5, 0.6) is 0 Å². The lowest BCUT2D eigenvalue weighted by atomic mass is 10.00. The topological polar surface area (TPSA) is 35.9 Å². The Morgan fingerprint density at radius 1 is 1.09 bits per heavy atom. The molecule has 4 heteroatoms. The molecule has 4 nitrogen and oxygen atoms in total. The highest BCUT2D eigenvalue weighted by molar-refractivity contribution is 5.29. The monoisotopic (exact) mass is 304 g/mol. The van der Waals surface area contributed by atoms with Crippen LogP contribution in [0.1, 0.15) is 25.0 Å². The maximum absolute atomic E-state index is 10.5. The maximum atomic E-state index is 10.5. The van der Waals surface area contributed by atoms with Gasteiger partial charge in [0.2, 0.25) is 0 Å². The number of nitrogens with zero attached hydrogens (tertiary/aromatic N) is 2. The van der Waals surface area contributed by atoms with E-state index in [-0.39, 0.29) is 18.3 Å². The van der Waals surface area contributed by atoms with Gasteiger partial charge in [0.15, 0.2) is 0 Å². The maximum Gasteiger partial charge on any atom is 0.0793 e. The highest BCUT2D eigenvalue weighted by Gasteiger charge is 2.25. The lowest BCUT2D eigenvalue weighted by Crippen LogP contribution is -2.50. The largest absolute Gasteiger partial charge is 0.390 e. The fraction of sp³-hybridized carbons (Fsp3) is 0.667. The standard InChI is InChI=1S/C18H28N2O2/c1-14-9-20(10-15(2)22-14)13-18(21)12-19-8-7-16-5-3-4-6-17(16)11-19/h3-6,14-15,18,21H,7-13H2,1-2H3. The molecule has 0 spiro atoms. The summed E-state index contributed by atoms with van der Waals surface area (Å²) < 4.78 is 5.75. The van der Waals surface area contributed by atoms with Crippen LogP contribution >= 0.6 is 0 Å². The Kier molecular flexibility index (Phi) is 5.14. The van der Waals surface area contributed by atoms with Crippen LogP contribution in [-0.4, -0.2) is 65.9 Å². The highest BCUT2D eigenvalue weighted by atomic mass is 16.5. The summed E-state index contributed by atoms with van der Waals surface area (Å²) in [5.41, 5.74) is 2.87. The van der Waals surface area contributed by atoms with Gasteiger partial charge >= 0.3 is 0 Å². The zero-order chi connectivity index (χ0) is 15.5. The minimum atomic E-state index is -0.289. The van der Waals surface area contributed by atoms with Crippen molar-refractivity contribution in [1.29, 1.82) is 0 Å². The molecule has 122 valence electrons. The Balaban J connectivity index is 1.49. The summed E-state index contributed by atoms with van der Waals surface area (Å²) in [6.07, 6.45) is 1.33. The number of hydrogen-bond donors (Lipinski definition) is 1. The summed E-state index contributed by atoms with van der Waals surface area (Å²) in [7, 11) is 0. The first-order valence-electron chi connectivity index (χ1n) is 8.45.